The molecule has 0 aliphatic carbocycles. The number of nitrogens with zero attached hydrogens (tertiary/aromatic N) is 2. The highest BCUT2D eigenvalue weighted by Crippen LogP contribution is 2.17. The normalized spacial score (nSPS) is 17.3. The van der Waals surface area contributed by atoms with Gasteiger partial charge in [0.15, 0.2) is 0 Å². The van der Waals surface area contributed by atoms with Crippen LogP contribution in [0.4, 0.5) is 0 Å². The summed E-state index contributed by atoms with van der Waals surface area (Å²) in [4.78, 5) is 12.3. The molecule has 6 heteroatoms. The zero-order valence-corrected chi connectivity index (χ0v) is 15.7. The Bertz CT molecular complexity index is 743. The first-order valence-corrected chi connectivity index (χ1v) is 9.08. The maximum Gasteiger partial charge on any atom is 0.254 e. The van der Waals surface area contributed by atoms with Gasteiger partial charge in [0.05, 0.1) is 23.4 Å². The second kappa shape index (κ2) is 7.91. The van der Waals surface area contributed by atoms with Crippen molar-refractivity contribution in [2.75, 3.05) is 13.2 Å². The third kappa shape index (κ3) is 4.85. The van der Waals surface area contributed by atoms with Crippen molar-refractivity contribution in [1.29, 1.82) is 0 Å². The van der Waals surface area contributed by atoms with E-state index in [9.17, 15) is 4.79 Å². The van der Waals surface area contributed by atoms with Gasteiger partial charge in [0, 0.05) is 19.3 Å². The number of amides is 1. The van der Waals surface area contributed by atoms with E-state index in [1.165, 1.54) is 0 Å². The average Bonchev–Trinajstić information content (AvgIpc) is 3.29. The van der Waals surface area contributed by atoms with E-state index in [2.05, 4.69) is 10.4 Å². The van der Waals surface area contributed by atoms with E-state index in [4.69, 9.17) is 9.47 Å². The number of benzene rings is 1. The van der Waals surface area contributed by atoms with Gasteiger partial charge in [0.2, 0.25) is 0 Å². The molecule has 1 N–H and O–H groups in total. The summed E-state index contributed by atoms with van der Waals surface area (Å²) >= 11 is 0. The molecule has 1 saturated heterocycles. The van der Waals surface area contributed by atoms with Crippen LogP contribution in [0.25, 0.3) is 0 Å². The number of hydrogen-bond donors (Lipinski definition) is 1. The van der Waals surface area contributed by atoms with E-state index in [0.29, 0.717) is 18.7 Å². The van der Waals surface area contributed by atoms with Gasteiger partial charge in [0.25, 0.3) is 5.91 Å². The number of aromatic nitrogens is 2. The molecule has 0 saturated carbocycles. The molecule has 2 heterocycles. The lowest BCUT2D eigenvalue weighted by Gasteiger charge is -2.18. The molecule has 0 bridgehead atoms. The van der Waals surface area contributed by atoms with Crippen molar-refractivity contribution in [3.8, 4) is 5.75 Å². The molecule has 1 aromatic carbocycles. The zero-order chi connectivity index (χ0) is 18.6. The van der Waals surface area contributed by atoms with Crippen LogP contribution in [-0.2, 0) is 16.8 Å². The van der Waals surface area contributed by atoms with Crippen molar-refractivity contribution in [3.63, 3.8) is 0 Å². The largest absolute Gasteiger partial charge is 0.491 e. The quantitative estimate of drug-likeness (QED) is 0.863. The van der Waals surface area contributed by atoms with Crippen molar-refractivity contribution in [1.82, 2.24) is 15.1 Å². The van der Waals surface area contributed by atoms with Crippen LogP contribution in [0.3, 0.4) is 0 Å². The van der Waals surface area contributed by atoms with E-state index in [1.807, 2.05) is 45.0 Å². The zero-order valence-electron chi connectivity index (χ0n) is 15.7. The molecule has 0 spiro atoms. The van der Waals surface area contributed by atoms with E-state index in [0.717, 1.165) is 30.8 Å². The van der Waals surface area contributed by atoms with Crippen LogP contribution in [0.5, 0.6) is 5.75 Å². The van der Waals surface area contributed by atoms with Crippen LogP contribution in [0.1, 0.15) is 49.5 Å². The lowest BCUT2D eigenvalue weighted by atomic mass is 10.1. The van der Waals surface area contributed by atoms with Crippen LogP contribution in [0, 0.1) is 0 Å². The predicted molar refractivity (Wildman–Crippen MR) is 99.3 cm³/mol. The van der Waals surface area contributed by atoms with Gasteiger partial charge in [-0.3, -0.25) is 9.48 Å². The highest BCUT2D eigenvalue weighted by Gasteiger charge is 2.17. The SMILES string of the molecule is CC(C)(C)n1cc(C(=O)NCc2cccc(OCC3CCCO3)c2)cn1. The Kier molecular flexibility index (Phi) is 5.61. The minimum absolute atomic E-state index is 0.133. The van der Waals surface area contributed by atoms with Crippen molar-refractivity contribution in [2.45, 2.75) is 51.8 Å². The van der Waals surface area contributed by atoms with Crippen LogP contribution < -0.4 is 10.1 Å². The molecular weight excluding hydrogens is 330 g/mol. The number of carbonyl (C=O) groups excluding carboxylic acids is 1. The smallest absolute Gasteiger partial charge is 0.254 e. The molecule has 1 aliphatic rings. The Morgan fingerprint density at radius 1 is 1.42 bits per heavy atom. The molecule has 1 unspecified atom stereocenters. The fourth-order valence-corrected chi connectivity index (χ4v) is 2.80. The lowest BCUT2D eigenvalue weighted by molar-refractivity contribution is 0.0679. The van der Waals surface area contributed by atoms with Gasteiger partial charge in [-0.25, -0.2) is 0 Å². The lowest BCUT2D eigenvalue weighted by Crippen LogP contribution is -2.24. The Morgan fingerprint density at radius 2 is 2.27 bits per heavy atom. The first-order chi connectivity index (χ1) is 12.4. The molecule has 26 heavy (non-hydrogen) atoms. The molecule has 1 aromatic heterocycles. The highest BCUT2D eigenvalue weighted by atomic mass is 16.5. The Morgan fingerprint density at radius 3 is 2.96 bits per heavy atom. The highest BCUT2D eigenvalue weighted by molar-refractivity contribution is 5.93. The molecule has 1 aliphatic heterocycles. The molecule has 2 aromatic rings. The Hall–Kier alpha value is -2.34. The van der Waals surface area contributed by atoms with E-state index in [-0.39, 0.29) is 17.6 Å². The maximum absolute atomic E-state index is 12.3. The average molecular weight is 357 g/mol. The molecule has 0 radical (unpaired) electrons. The van der Waals surface area contributed by atoms with Gasteiger partial charge in [-0.15, -0.1) is 0 Å². The molecule has 1 fully saturated rings. The van der Waals surface area contributed by atoms with E-state index >= 15 is 0 Å². The monoisotopic (exact) mass is 357 g/mol. The summed E-state index contributed by atoms with van der Waals surface area (Å²) in [6.07, 6.45) is 5.72. The number of ether oxygens (including phenoxy) is 2. The van der Waals surface area contributed by atoms with Gasteiger partial charge >= 0.3 is 0 Å². The standard InChI is InChI=1S/C20H27N3O3/c1-20(2,3)23-13-16(12-22-23)19(24)21-11-15-6-4-7-17(10-15)26-14-18-8-5-9-25-18/h4,6-7,10,12-13,18H,5,8-9,11,14H2,1-3H3,(H,21,24). The summed E-state index contributed by atoms with van der Waals surface area (Å²) in [6, 6.07) is 7.78. The third-order valence-corrected chi connectivity index (χ3v) is 4.34. The van der Waals surface area contributed by atoms with Gasteiger partial charge in [-0.05, 0) is 51.3 Å². The first-order valence-electron chi connectivity index (χ1n) is 9.08. The number of hydrogen-bond acceptors (Lipinski definition) is 4. The summed E-state index contributed by atoms with van der Waals surface area (Å²) < 4.78 is 13.2. The predicted octanol–water partition coefficient (Wildman–Crippen LogP) is 3.13. The summed E-state index contributed by atoms with van der Waals surface area (Å²) in [5, 5.41) is 7.20. The summed E-state index contributed by atoms with van der Waals surface area (Å²) in [6.45, 7) is 7.97. The fraction of sp³-hybridized carbons (Fsp3) is 0.500. The number of nitrogens with one attached hydrogen (secondary N) is 1. The van der Waals surface area contributed by atoms with Crippen molar-refractivity contribution >= 4 is 5.91 Å². The molecule has 6 nitrogen and oxygen atoms in total. The van der Waals surface area contributed by atoms with Gasteiger partial charge in [0.1, 0.15) is 12.4 Å². The molecule has 3 rings (SSSR count). The second-order valence-corrected chi connectivity index (χ2v) is 7.62. The van der Waals surface area contributed by atoms with Crippen LogP contribution in [-0.4, -0.2) is 35.0 Å². The van der Waals surface area contributed by atoms with Crippen molar-refractivity contribution in [2.24, 2.45) is 0 Å². The van der Waals surface area contributed by atoms with Crippen molar-refractivity contribution < 1.29 is 14.3 Å². The molecule has 1 atom stereocenters. The Balaban J connectivity index is 1.53. The van der Waals surface area contributed by atoms with Crippen LogP contribution >= 0.6 is 0 Å². The summed E-state index contributed by atoms with van der Waals surface area (Å²) in [5.74, 6) is 0.666. The van der Waals surface area contributed by atoms with E-state index < -0.39 is 0 Å². The third-order valence-electron chi connectivity index (χ3n) is 4.34. The topological polar surface area (TPSA) is 65.4 Å². The minimum Gasteiger partial charge on any atom is -0.491 e. The first kappa shape index (κ1) is 18.5. The van der Waals surface area contributed by atoms with Crippen molar-refractivity contribution in [3.05, 3.63) is 47.8 Å². The molecule has 1 amide bonds. The number of rotatable bonds is 6. The molecular formula is C20H27N3O3. The Labute approximate surface area is 154 Å². The fourth-order valence-electron chi connectivity index (χ4n) is 2.80. The molecule has 140 valence electrons. The van der Waals surface area contributed by atoms with Crippen LogP contribution in [0.15, 0.2) is 36.7 Å². The number of carbonyl (C=O) groups is 1. The van der Waals surface area contributed by atoms with E-state index in [1.54, 1.807) is 17.1 Å². The van der Waals surface area contributed by atoms with Crippen LogP contribution in [0.2, 0.25) is 0 Å². The summed E-state index contributed by atoms with van der Waals surface area (Å²) in [7, 11) is 0. The summed E-state index contributed by atoms with van der Waals surface area (Å²) in [5.41, 5.74) is 1.41. The van der Waals surface area contributed by atoms with Gasteiger partial charge in [-0.1, -0.05) is 12.1 Å². The van der Waals surface area contributed by atoms with Gasteiger partial charge in [-0.2, -0.15) is 5.10 Å². The van der Waals surface area contributed by atoms with Gasteiger partial charge < -0.3 is 14.8 Å². The minimum atomic E-state index is -0.146. The second-order valence-electron chi connectivity index (χ2n) is 7.62. The maximum atomic E-state index is 12.3.